The van der Waals surface area contributed by atoms with Gasteiger partial charge in [0.15, 0.2) is 0 Å². The molecule has 0 unspecified atom stereocenters. The number of unbranched alkanes of at least 4 members (excludes halogenated alkanes) is 2. The van der Waals surface area contributed by atoms with Crippen LogP contribution in [0.2, 0.25) is 0 Å². The van der Waals surface area contributed by atoms with Crippen LogP contribution in [-0.2, 0) is 6.54 Å². The van der Waals surface area contributed by atoms with Gasteiger partial charge in [0.05, 0.1) is 0 Å². The Morgan fingerprint density at radius 2 is 1.83 bits per heavy atom. The molecule has 18 heavy (non-hydrogen) atoms. The van der Waals surface area contributed by atoms with Crippen molar-refractivity contribution in [3.8, 4) is 0 Å². The fourth-order valence-electron chi connectivity index (χ4n) is 1.93. The molecular weight excluding hydrogens is 290 g/mol. The molecule has 0 radical (unpaired) electrons. The highest BCUT2D eigenvalue weighted by Crippen LogP contribution is 2.22. The lowest BCUT2D eigenvalue weighted by Crippen LogP contribution is -2.28. The molecule has 0 aromatic carbocycles. The van der Waals surface area contributed by atoms with E-state index in [-0.39, 0.29) is 0 Å². The summed E-state index contributed by atoms with van der Waals surface area (Å²) >= 11 is 3.45. The van der Waals surface area contributed by atoms with E-state index in [9.17, 15) is 0 Å². The van der Waals surface area contributed by atoms with Gasteiger partial charge in [0.25, 0.3) is 0 Å². The first-order chi connectivity index (χ1) is 8.72. The van der Waals surface area contributed by atoms with E-state index in [1.807, 2.05) is 6.20 Å². The highest BCUT2D eigenvalue weighted by Gasteiger charge is 2.11. The number of rotatable bonds is 8. The van der Waals surface area contributed by atoms with E-state index in [1.165, 1.54) is 25.7 Å². The van der Waals surface area contributed by atoms with Crippen LogP contribution in [0.4, 0.5) is 5.82 Å². The van der Waals surface area contributed by atoms with Crippen molar-refractivity contribution in [1.29, 1.82) is 0 Å². The van der Waals surface area contributed by atoms with Crippen molar-refractivity contribution in [2.45, 2.75) is 46.1 Å². The Balaban J connectivity index is 2.88. The van der Waals surface area contributed by atoms with E-state index >= 15 is 0 Å². The fraction of sp³-hybridized carbons (Fsp3) is 0.643. The highest BCUT2D eigenvalue weighted by atomic mass is 79.9. The Kier molecular flexibility index (Phi) is 7.28. The lowest BCUT2D eigenvalue weighted by Gasteiger charge is -2.25. The van der Waals surface area contributed by atoms with Crippen LogP contribution in [0.15, 0.2) is 16.7 Å². The molecule has 1 aromatic rings. The Hall–Kier alpha value is -0.610. The topological polar surface area (TPSA) is 42.2 Å². The Morgan fingerprint density at radius 1 is 1.22 bits per heavy atom. The summed E-state index contributed by atoms with van der Waals surface area (Å²) < 4.78 is 0.998. The van der Waals surface area contributed by atoms with E-state index in [4.69, 9.17) is 5.73 Å². The Labute approximate surface area is 119 Å². The van der Waals surface area contributed by atoms with Gasteiger partial charge < -0.3 is 10.6 Å². The smallest absolute Gasteiger partial charge is 0.133 e. The van der Waals surface area contributed by atoms with Crippen molar-refractivity contribution in [3.63, 3.8) is 0 Å². The zero-order valence-corrected chi connectivity index (χ0v) is 13.0. The Morgan fingerprint density at radius 3 is 2.33 bits per heavy atom. The molecule has 0 aliphatic rings. The van der Waals surface area contributed by atoms with Gasteiger partial charge in [-0.3, -0.25) is 0 Å². The summed E-state index contributed by atoms with van der Waals surface area (Å²) in [7, 11) is 0. The van der Waals surface area contributed by atoms with Gasteiger partial charge in [0, 0.05) is 35.9 Å². The van der Waals surface area contributed by atoms with E-state index in [1.54, 1.807) is 0 Å². The molecule has 0 aliphatic carbocycles. The molecule has 0 bridgehead atoms. The lowest BCUT2D eigenvalue weighted by molar-refractivity contribution is 0.668. The zero-order chi connectivity index (χ0) is 13.4. The number of pyridine rings is 1. The van der Waals surface area contributed by atoms with Gasteiger partial charge in [-0.15, -0.1) is 0 Å². The summed E-state index contributed by atoms with van der Waals surface area (Å²) in [5.74, 6) is 1.06. The quantitative estimate of drug-likeness (QED) is 0.795. The number of nitrogens with two attached hydrogens (primary N) is 1. The van der Waals surface area contributed by atoms with Crippen LogP contribution in [0.25, 0.3) is 0 Å². The van der Waals surface area contributed by atoms with Crippen LogP contribution in [0, 0.1) is 0 Å². The Bertz CT molecular complexity index is 347. The molecule has 0 amide bonds. The molecule has 0 saturated carbocycles. The summed E-state index contributed by atoms with van der Waals surface area (Å²) in [4.78, 5) is 6.93. The predicted molar refractivity (Wildman–Crippen MR) is 81.9 cm³/mol. The first-order valence-corrected chi connectivity index (χ1v) is 7.61. The molecule has 3 nitrogen and oxygen atoms in total. The minimum atomic E-state index is 0.538. The second-order valence-corrected chi connectivity index (χ2v) is 5.45. The number of hydrogen-bond acceptors (Lipinski definition) is 3. The van der Waals surface area contributed by atoms with Gasteiger partial charge in [-0.1, -0.05) is 26.7 Å². The standard InChI is InChI=1S/C14H24BrN3/c1-3-5-7-18(8-6-4-2)14-12(10-16)9-13(15)11-17-14/h9,11H,3-8,10,16H2,1-2H3. The fourth-order valence-corrected chi connectivity index (χ4v) is 2.31. The number of aromatic nitrogens is 1. The van der Waals surface area contributed by atoms with Crippen LogP contribution < -0.4 is 10.6 Å². The van der Waals surface area contributed by atoms with Gasteiger partial charge in [-0.25, -0.2) is 4.98 Å². The molecule has 0 aliphatic heterocycles. The molecule has 0 atom stereocenters. The largest absolute Gasteiger partial charge is 0.356 e. The van der Waals surface area contributed by atoms with Crippen molar-refractivity contribution in [3.05, 3.63) is 22.3 Å². The first-order valence-electron chi connectivity index (χ1n) is 6.82. The average Bonchev–Trinajstić information content (AvgIpc) is 2.39. The van der Waals surface area contributed by atoms with Crippen molar-refractivity contribution in [2.24, 2.45) is 5.73 Å². The third kappa shape index (κ3) is 4.58. The maximum atomic E-state index is 5.83. The summed E-state index contributed by atoms with van der Waals surface area (Å²) in [6.07, 6.45) is 6.67. The van der Waals surface area contributed by atoms with E-state index in [0.29, 0.717) is 6.54 Å². The van der Waals surface area contributed by atoms with Crippen LogP contribution in [-0.4, -0.2) is 18.1 Å². The maximum Gasteiger partial charge on any atom is 0.133 e. The van der Waals surface area contributed by atoms with E-state index in [2.05, 4.69) is 45.7 Å². The number of anilines is 1. The predicted octanol–water partition coefficient (Wildman–Crippen LogP) is 3.71. The van der Waals surface area contributed by atoms with E-state index in [0.717, 1.165) is 28.9 Å². The molecule has 1 heterocycles. The van der Waals surface area contributed by atoms with E-state index < -0.39 is 0 Å². The number of hydrogen-bond donors (Lipinski definition) is 1. The monoisotopic (exact) mass is 313 g/mol. The number of halogens is 1. The van der Waals surface area contributed by atoms with Crippen LogP contribution in [0.1, 0.15) is 45.1 Å². The van der Waals surface area contributed by atoms with Gasteiger partial charge >= 0.3 is 0 Å². The zero-order valence-electron chi connectivity index (χ0n) is 11.5. The van der Waals surface area contributed by atoms with Crippen LogP contribution in [0.3, 0.4) is 0 Å². The molecule has 0 fully saturated rings. The summed E-state index contributed by atoms with van der Waals surface area (Å²) in [5, 5.41) is 0. The maximum absolute atomic E-state index is 5.83. The van der Waals surface area contributed by atoms with Crippen molar-refractivity contribution < 1.29 is 0 Å². The molecule has 1 rings (SSSR count). The SMILES string of the molecule is CCCCN(CCCC)c1ncc(Br)cc1CN. The van der Waals surface area contributed by atoms with Gasteiger partial charge in [0.2, 0.25) is 0 Å². The minimum Gasteiger partial charge on any atom is -0.356 e. The van der Waals surface area contributed by atoms with Crippen molar-refractivity contribution in [1.82, 2.24) is 4.98 Å². The molecular formula is C14H24BrN3. The average molecular weight is 314 g/mol. The summed E-state index contributed by atoms with van der Waals surface area (Å²) in [5.41, 5.74) is 6.95. The third-order valence-electron chi connectivity index (χ3n) is 2.99. The van der Waals surface area contributed by atoms with Crippen molar-refractivity contribution in [2.75, 3.05) is 18.0 Å². The number of nitrogens with zero attached hydrogens (tertiary/aromatic N) is 2. The van der Waals surface area contributed by atoms with Gasteiger partial charge in [0.1, 0.15) is 5.82 Å². The molecule has 1 aromatic heterocycles. The molecule has 2 N–H and O–H groups in total. The minimum absolute atomic E-state index is 0.538. The molecule has 4 heteroatoms. The third-order valence-corrected chi connectivity index (χ3v) is 3.43. The normalized spacial score (nSPS) is 10.7. The summed E-state index contributed by atoms with van der Waals surface area (Å²) in [6, 6.07) is 2.08. The van der Waals surface area contributed by atoms with Crippen LogP contribution in [0.5, 0.6) is 0 Å². The van der Waals surface area contributed by atoms with Gasteiger partial charge in [-0.2, -0.15) is 0 Å². The highest BCUT2D eigenvalue weighted by molar-refractivity contribution is 9.10. The second-order valence-electron chi connectivity index (χ2n) is 4.53. The summed E-state index contributed by atoms with van der Waals surface area (Å²) in [6.45, 7) is 7.11. The van der Waals surface area contributed by atoms with Crippen LogP contribution >= 0.6 is 15.9 Å². The first kappa shape index (κ1) is 15.4. The lowest BCUT2D eigenvalue weighted by atomic mass is 10.2. The van der Waals surface area contributed by atoms with Gasteiger partial charge in [-0.05, 0) is 34.8 Å². The second kappa shape index (κ2) is 8.48. The molecule has 102 valence electrons. The molecule has 0 spiro atoms. The van der Waals surface area contributed by atoms with Crippen molar-refractivity contribution >= 4 is 21.7 Å². The molecule has 0 saturated heterocycles.